The third-order valence-corrected chi connectivity index (χ3v) is 4.90. The smallest absolute Gasteiger partial charge is 0.342 e. The second-order valence-corrected chi connectivity index (χ2v) is 6.94. The van der Waals surface area contributed by atoms with Crippen LogP contribution in [0.3, 0.4) is 0 Å². The molecular formula is C21H19NO4S. The second-order valence-electron chi connectivity index (χ2n) is 5.77. The van der Waals surface area contributed by atoms with E-state index < -0.39 is 5.97 Å². The summed E-state index contributed by atoms with van der Waals surface area (Å²) in [7, 11) is 0. The first kappa shape index (κ1) is 18.8. The SMILES string of the molecule is O=C(COC(=O)c1ccc2ccccc2c1O)NCCSc1ccccc1. The Morgan fingerprint density at radius 2 is 1.70 bits per heavy atom. The summed E-state index contributed by atoms with van der Waals surface area (Å²) in [6.07, 6.45) is 0. The summed E-state index contributed by atoms with van der Waals surface area (Å²) in [6.45, 7) is 0.0816. The molecule has 5 nitrogen and oxygen atoms in total. The highest BCUT2D eigenvalue weighted by Crippen LogP contribution is 2.28. The maximum atomic E-state index is 12.2. The summed E-state index contributed by atoms with van der Waals surface area (Å²) in [4.78, 5) is 25.1. The molecule has 0 aliphatic rings. The molecule has 6 heteroatoms. The number of phenols is 1. The maximum Gasteiger partial charge on any atom is 0.342 e. The Morgan fingerprint density at radius 1 is 0.963 bits per heavy atom. The van der Waals surface area contributed by atoms with E-state index in [1.165, 1.54) is 6.07 Å². The molecule has 0 aromatic heterocycles. The van der Waals surface area contributed by atoms with Crippen molar-refractivity contribution in [3.63, 3.8) is 0 Å². The Hall–Kier alpha value is -2.99. The Balaban J connectivity index is 1.46. The summed E-state index contributed by atoms with van der Waals surface area (Å²) in [5.41, 5.74) is 0.0427. The highest BCUT2D eigenvalue weighted by Gasteiger charge is 2.16. The van der Waals surface area contributed by atoms with Crippen LogP contribution in [0.25, 0.3) is 10.8 Å². The third kappa shape index (κ3) is 5.01. The number of carbonyl (C=O) groups excluding carboxylic acids is 2. The Morgan fingerprint density at radius 3 is 2.52 bits per heavy atom. The number of benzene rings is 3. The first-order valence-corrected chi connectivity index (χ1v) is 9.46. The third-order valence-electron chi connectivity index (χ3n) is 3.89. The van der Waals surface area contributed by atoms with Crippen molar-refractivity contribution in [2.45, 2.75) is 4.90 Å². The molecule has 0 saturated heterocycles. The molecule has 138 valence electrons. The largest absolute Gasteiger partial charge is 0.506 e. The van der Waals surface area contributed by atoms with Crippen LogP contribution in [0.15, 0.2) is 71.6 Å². The highest BCUT2D eigenvalue weighted by molar-refractivity contribution is 7.99. The lowest BCUT2D eigenvalue weighted by Crippen LogP contribution is -2.30. The van der Waals surface area contributed by atoms with Crippen molar-refractivity contribution >= 4 is 34.4 Å². The average molecular weight is 381 g/mol. The van der Waals surface area contributed by atoms with Crippen LogP contribution in [-0.2, 0) is 9.53 Å². The molecule has 27 heavy (non-hydrogen) atoms. The van der Waals surface area contributed by atoms with Crippen LogP contribution in [0.4, 0.5) is 0 Å². The average Bonchev–Trinajstić information content (AvgIpc) is 2.71. The predicted molar refractivity (Wildman–Crippen MR) is 106 cm³/mol. The first-order valence-electron chi connectivity index (χ1n) is 8.47. The van der Waals surface area contributed by atoms with E-state index in [1.54, 1.807) is 30.0 Å². The Bertz CT molecular complexity index is 943. The van der Waals surface area contributed by atoms with Gasteiger partial charge in [0, 0.05) is 22.6 Å². The number of phenolic OH excluding ortho intramolecular Hbond substituents is 1. The van der Waals surface area contributed by atoms with Crippen LogP contribution in [-0.4, -0.2) is 35.9 Å². The van der Waals surface area contributed by atoms with Crippen LogP contribution < -0.4 is 5.32 Å². The van der Waals surface area contributed by atoms with Crippen molar-refractivity contribution in [2.75, 3.05) is 18.9 Å². The van der Waals surface area contributed by atoms with Crippen LogP contribution in [0, 0.1) is 0 Å². The second kappa shape index (κ2) is 9.09. The lowest BCUT2D eigenvalue weighted by molar-refractivity contribution is -0.124. The number of ether oxygens (including phenoxy) is 1. The highest BCUT2D eigenvalue weighted by atomic mass is 32.2. The predicted octanol–water partition coefficient (Wildman–Crippen LogP) is 3.61. The Kier molecular flexibility index (Phi) is 6.33. The number of rotatable bonds is 7. The summed E-state index contributed by atoms with van der Waals surface area (Å²) < 4.78 is 5.02. The normalized spacial score (nSPS) is 10.5. The summed E-state index contributed by atoms with van der Waals surface area (Å²) >= 11 is 1.63. The molecule has 0 atom stereocenters. The van der Waals surface area contributed by atoms with E-state index in [4.69, 9.17) is 4.74 Å². The Labute approximate surface area is 161 Å². The number of esters is 1. The van der Waals surface area contributed by atoms with Gasteiger partial charge in [-0.15, -0.1) is 11.8 Å². The molecule has 0 radical (unpaired) electrons. The minimum absolute atomic E-state index is 0.0427. The monoisotopic (exact) mass is 381 g/mol. The van der Waals surface area contributed by atoms with Crippen molar-refractivity contribution in [3.05, 3.63) is 72.3 Å². The van der Waals surface area contributed by atoms with Gasteiger partial charge in [-0.2, -0.15) is 0 Å². The standard InChI is InChI=1S/C21H19NO4S/c23-19(22-12-13-27-16-7-2-1-3-8-16)14-26-21(25)18-11-10-15-6-4-5-9-17(15)20(18)24/h1-11,24H,12-14H2,(H,22,23). The van der Waals surface area contributed by atoms with Gasteiger partial charge < -0.3 is 15.2 Å². The molecular weight excluding hydrogens is 362 g/mol. The molecule has 1 amide bonds. The van der Waals surface area contributed by atoms with E-state index in [0.717, 1.165) is 16.0 Å². The zero-order valence-electron chi connectivity index (χ0n) is 14.6. The van der Waals surface area contributed by atoms with Gasteiger partial charge >= 0.3 is 5.97 Å². The molecule has 0 saturated carbocycles. The lowest BCUT2D eigenvalue weighted by Gasteiger charge is -2.09. The number of thioether (sulfide) groups is 1. The fourth-order valence-electron chi connectivity index (χ4n) is 2.56. The zero-order valence-corrected chi connectivity index (χ0v) is 15.4. The van der Waals surface area contributed by atoms with Gasteiger partial charge in [0.05, 0.1) is 0 Å². The van der Waals surface area contributed by atoms with E-state index in [-0.39, 0.29) is 23.8 Å². The van der Waals surface area contributed by atoms with Crippen molar-refractivity contribution in [1.29, 1.82) is 0 Å². The molecule has 3 rings (SSSR count). The summed E-state index contributed by atoms with van der Waals surface area (Å²) in [6, 6.07) is 20.3. The topological polar surface area (TPSA) is 75.6 Å². The maximum absolute atomic E-state index is 12.2. The van der Waals surface area contributed by atoms with Gasteiger partial charge in [-0.1, -0.05) is 48.5 Å². The lowest BCUT2D eigenvalue weighted by atomic mass is 10.1. The molecule has 0 bridgehead atoms. The van der Waals surface area contributed by atoms with Crippen LogP contribution in [0.1, 0.15) is 10.4 Å². The molecule has 2 N–H and O–H groups in total. The van der Waals surface area contributed by atoms with Crippen LogP contribution in [0.5, 0.6) is 5.75 Å². The molecule has 0 heterocycles. The van der Waals surface area contributed by atoms with Gasteiger partial charge in [0.2, 0.25) is 0 Å². The molecule has 0 spiro atoms. The first-order chi connectivity index (χ1) is 13.1. The van der Waals surface area contributed by atoms with Crippen molar-refractivity contribution < 1.29 is 19.4 Å². The van der Waals surface area contributed by atoms with Crippen molar-refractivity contribution in [3.8, 4) is 5.75 Å². The molecule has 0 fully saturated rings. The molecule has 0 unspecified atom stereocenters. The zero-order chi connectivity index (χ0) is 19.1. The van der Waals surface area contributed by atoms with E-state index in [0.29, 0.717) is 11.9 Å². The van der Waals surface area contributed by atoms with Gasteiger partial charge in [0.1, 0.15) is 11.3 Å². The number of hydrogen-bond acceptors (Lipinski definition) is 5. The summed E-state index contributed by atoms with van der Waals surface area (Å²) in [5.74, 6) is -0.531. The fraction of sp³-hybridized carbons (Fsp3) is 0.143. The summed E-state index contributed by atoms with van der Waals surface area (Å²) in [5, 5.41) is 14.4. The van der Waals surface area contributed by atoms with E-state index in [2.05, 4.69) is 5.32 Å². The van der Waals surface area contributed by atoms with Crippen molar-refractivity contribution in [1.82, 2.24) is 5.32 Å². The van der Waals surface area contributed by atoms with Gasteiger partial charge in [-0.3, -0.25) is 4.79 Å². The quantitative estimate of drug-likeness (QED) is 0.371. The molecule has 3 aromatic carbocycles. The number of fused-ring (bicyclic) bond motifs is 1. The minimum Gasteiger partial charge on any atom is -0.506 e. The fourth-order valence-corrected chi connectivity index (χ4v) is 3.35. The van der Waals surface area contributed by atoms with E-state index >= 15 is 0 Å². The minimum atomic E-state index is -0.730. The number of amides is 1. The number of aromatic hydroxyl groups is 1. The van der Waals surface area contributed by atoms with Crippen LogP contribution >= 0.6 is 11.8 Å². The molecule has 0 aliphatic heterocycles. The number of nitrogens with one attached hydrogen (secondary N) is 1. The van der Waals surface area contributed by atoms with Crippen LogP contribution in [0.2, 0.25) is 0 Å². The van der Waals surface area contributed by atoms with E-state index in [9.17, 15) is 14.7 Å². The van der Waals surface area contributed by atoms with Gasteiger partial charge in [0.25, 0.3) is 5.91 Å². The van der Waals surface area contributed by atoms with Gasteiger partial charge in [0.15, 0.2) is 6.61 Å². The number of hydrogen-bond donors (Lipinski definition) is 2. The van der Waals surface area contributed by atoms with E-state index in [1.807, 2.05) is 42.5 Å². The molecule has 0 aliphatic carbocycles. The number of carbonyl (C=O) groups is 2. The van der Waals surface area contributed by atoms with Crippen molar-refractivity contribution in [2.24, 2.45) is 0 Å². The molecule has 3 aromatic rings. The van der Waals surface area contributed by atoms with Gasteiger partial charge in [-0.05, 0) is 23.6 Å². The van der Waals surface area contributed by atoms with Gasteiger partial charge in [-0.25, -0.2) is 4.79 Å².